The van der Waals surface area contributed by atoms with Gasteiger partial charge in [0.25, 0.3) is 5.91 Å². The van der Waals surface area contributed by atoms with Crippen LogP contribution in [0.5, 0.6) is 0 Å². The predicted molar refractivity (Wildman–Crippen MR) is 99.6 cm³/mol. The number of aryl methyl sites for hydroxylation is 3. The van der Waals surface area contributed by atoms with Crippen molar-refractivity contribution < 1.29 is 9.90 Å². The van der Waals surface area contributed by atoms with Crippen LogP contribution in [0.2, 0.25) is 0 Å². The molecule has 0 radical (unpaired) electrons. The minimum absolute atomic E-state index is 0.0970. The van der Waals surface area contributed by atoms with E-state index < -0.39 is 5.60 Å². The molecule has 1 amide bonds. The largest absolute Gasteiger partial charge is 0.390 e. The quantitative estimate of drug-likeness (QED) is 0.846. The molecule has 136 valence electrons. The maximum absolute atomic E-state index is 12.6. The first-order valence-electron chi connectivity index (χ1n) is 8.71. The maximum Gasteiger partial charge on any atom is 0.251 e. The molecule has 5 nitrogen and oxygen atoms in total. The average molecular weight is 343 g/mol. The molecule has 0 saturated carbocycles. The van der Waals surface area contributed by atoms with Crippen LogP contribution in [0.25, 0.3) is 0 Å². The third-order valence-electron chi connectivity index (χ3n) is 4.56. The Morgan fingerprint density at radius 1 is 1.36 bits per heavy atom. The van der Waals surface area contributed by atoms with Crippen molar-refractivity contribution in [3.8, 4) is 0 Å². The van der Waals surface area contributed by atoms with Gasteiger partial charge in [0.15, 0.2) is 0 Å². The highest BCUT2D eigenvalue weighted by molar-refractivity contribution is 5.94. The fourth-order valence-electron chi connectivity index (χ4n) is 3.09. The first kappa shape index (κ1) is 19.2. The van der Waals surface area contributed by atoms with Gasteiger partial charge in [-0.1, -0.05) is 12.1 Å². The van der Waals surface area contributed by atoms with Gasteiger partial charge in [-0.2, -0.15) is 5.10 Å². The Morgan fingerprint density at radius 2 is 2.04 bits per heavy atom. The second-order valence-corrected chi connectivity index (χ2v) is 7.42. The van der Waals surface area contributed by atoms with Gasteiger partial charge in [-0.15, -0.1) is 0 Å². The predicted octanol–water partition coefficient (Wildman–Crippen LogP) is 3.23. The highest BCUT2D eigenvalue weighted by Crippen LogP contribution is 2.21. The fourth-order valence-corrected chi connectivity index (χ4v) is 3.09. The van der Waals surface area contributed by atoms with Crippen molar-refractivity contribution in [3.63, 3.8) is 0 Å². The third-order valence-corrected chi connectivity index (χ3v) is 4.56. The zero-order valence-electron chi connectivity index (χ0n) is 16.1. The van der Waals surface area contributed by atoms with Crippen LogP contribution >= 0.6 is 0 Å². The summed E-state index contributed by atoms with van der Waals surface area (Å²) in [6, 6.07) is 7.48. The summed E-state index contributed by atoms with van der Waals surface area (Å²) in [7, 11) is 1.91. The molecule has 1 atom stereocenters. The van der Waals surface area contributed by atoms with E-state index in [9.17, 15) is 9.90 Å². The fraction of sp³-hybridized carbons (Fsp3) is 0.500. The van der Waals surface area contributed by atoms with E-state index in [4.69, 9.17) is 0 Å². The number of carbonyl (C=O) groups is 1. The van der Waals surface area contributed by atoms with Crippen molar-refractivity contribution in [2.45, 2.75) is 59.1 Å². The van der Waals surface area contributed by atoms with E-state index in [1.54, 1.807) is 13.8 Å². The Kier molecular flexibility index (Phi) is 5.68. The van der Waals surface area contributed by atoms with E-state index in [0.717, 1.165) is 28.9 Å². The van der Waals surface area contributed by atoms with Crippen molar-refractivity contribution >= 4 is 5.91 Å². The second kappa shape index (κ2) is 7.40. The number of benzene rings is 1. The van der Waals surface area contributed by atoms with E-state index in [0.29, 0.717) is 12.0 Å². The van der Waals surface area contributed by atoms with Gasteiger partial charge >= 0.3 is 0 Å². The highest BCUT2D eigenvalue weighted by atomic mass is 16.3. The van der Waals surface area contributed by atoms with E-state index in [1.807, 2.05) is 56.8 Å². The standard InChI is InChI=1S/C20H29N3O2/c1-13(18-14(2)22-23(6)15(18)3)21-19(24)17-9-7-8-16(12-17)10-11-20(4,5)25/h7-9,12-13,25H,10-11H2,1-6H3,(H,21,24). The number of aliphatic hydroxyl groups is 1. The van der Waals surface area contributed by atoms with Crippen molar-refractivity contribution in [2.24, 2.45) is 7.05 Å². The number of amides is 1. The summed E-state index contributed by atoms with van der Waals surface area (Å²) in [5.41, 5.74) is 4.04. The molecular weight excluding hydrogens is 314 g/mol. The Morgan fingerprint density at radius 3 is 2.60 bits per heavy atom. The van der Waals surface area contributed by atoms with Crippen LogP contribution in [0, 0.1) is 13.8 Å². The summed E-state index contributed by atoms with van der Waals surface area (Å²) in [6.07, 6.45) is 1.39. The van der Waals surface area contributed by atoms with Crippen LogP contribution in [0.1, 0.15) is 66.1 Å². The molecule has 0 fully saturated rings. The first-order valence-corrected chi connectivity index (χ1v) is 8.71. The molecule has 0 bridgehead atoms. The van der Waals surface area contributed by atoms with Gasteiger partial charge in [0.05, 0.1) is 17.3 Å². The van der Waals surface area contributed by atoms with Crippen molar-refractivity contribution in [2.75, 3.05) is 0 Å². The lowest BCUT2D eigenvalue weighted by atomic mass is 9.97. The van der Waals surface area contributed by atoms with Crippen molar-refractivity contribution in [1.29, 1.82) is 0 Å². The lowest BCUT2D eigenvalue weighted by Gasteiger charge is -2.17. The molecule has 1 heterocycles. The number of nitrogens with one attached hydrogen (secondary N) is 1. The molecule has 1 aromatic heterocycles. The van der Waals surface area contributed by atoms with Gasteiger partial charge < -0.3 is 10.4 Å². The van der Waals surface area contributed by atoms with Crippen molar-refractivity contribution in [1.82, 2.24) is 15.1 Å². The maximum atomic E-state index is 12.6. The van der Waals surface area contributed by atoms with Crippen LogP contribution in [-0.4, -0.2) is 26.4 Å². The summed E-state index contributed by atoms with van der Waals surface area (Å²) in [6.45, 7) is 9.54. The molecule has 2 aromatic rings. The number of carbonyl (C=O) groups excluding carboxylic acids is 1. The molecule has 1 aromatic carbocycles. The molecule has 0 aliphatic rings. The SMILES string of the molecule is Cc1nn(C)c(C)c1C(C)NC(=O)c1cccc(CCC(C)(C)O)c1. The number of aromatic nitrogens is 2. The Balaban J connectivity index is 2.10. The minimum atomic E-state index is -0.706. The first-order chi connectivity index (χ1) is 11.6. The molecule has 1 unspecified atom stereocenters. The van der Waals surface area contributed by atoms with Crippen LogP contribution in [0.15, 0.2) is 24.3 Å². The average Bonchev–Trinajstić information content (AvgIpc) is 2.77. The number of rotatable bonds is 6. The summed E-state index contributed by atoms with van der Waals surface area (Å²) < 4.78 is 1.84. The Bertz CT molecular complexity index is 757. The summed E-state index contributed by atoms with van der Waals surface area (Å²) in [5, 5.41) is 17.3. The van der Waals surface area contributed by atoms with Crippen LogP contribution in [0.3, 0.4) is 0 Å². The monoisotopic (exact) mass is 343 g/mol. The minimum Gasteiger partial charge on any atom is -0.390 e. The molecule has 0 saturated heterocycles. The lowest BCUT2D eigenvalue weighted by Crippen LogP contribution is -2.27. The number of nitrogens with zero attached hydrogens (tertiary/aromatic N) is 2. The van der Waals surface area contributed by atoms with Gasteiger partial charge in [0.2, 0.25) is 0 Å². The van der Waals surface area contributed by atoms with Gasteiger partial charge in [0.1, 0.15) is 0 Å². The van der Waals surface area contributed by atoms with Gasteiger partial charge in [-0.3, -0.25) is 9.48 Å². The Labute approximate surface area is 150 Å². The highest BCUT2D eigenvalue weighted by Gasteiger charge is 2.19. The zero-order valence-corrected chi connectivity index (χ0v) is 16.1. The lowest BCUT2D eigenvalue weighted by molar-refractivity contribution is 0.0714. The molecule has 25 heavy (non-hydrogen) atoms. The van der Waals surface area contributed by atoms with Gasteiger partial charge in [-0.25, -0.2) is 0 Å². The van der Waals surface area contributed by atoms with Crippen LogP contribution in [0.4, 0.5) is 0 Å². The van der Waals surface area contributed by atoms with Gasteiger partial charge in [-0.05, 0) is 65.2 Å². The Hall–Kier alpha value is -2.14. The van der Waals surface area contributed by atoms with E-state index in [2.05, 4.69) is 10.4 Å². The third kappa shape index (κ3) is 4.92. The normalized spacial score (nSPS) is 12.9. The van der Waals surface area contributed by atoms with Gasteiger partial charge in [0, 0.05) is 23.9 Å². The molecule has 0 aliphatic carbocycles. The molecular formula is C20H29N3O2. The number of hydrogen-bond donors (Lipinski definition) is 2. The summed E-state index contributed by atoms with van der Waals surface area (Å²) >= 11 is 0. The molecule has 2 N–H and O–H groups in total. The smallest absolute Gasteiger partial charge is 0.251 e. The van der Waals surface area contributed by atoms with E-state index >= 15 is 0 Å². The molecule has 0 aliphatic heterocycles. The topological polar surface area (TPSA) is 67.2 Å². The summed E-state index contributed by atoms with van der Waals surface area (Å²) in [4.78, 5) is 12.6. The van der Waals surface area contributed by atoms with Crippen LogP contribution < -0.4 is 5.32 Å². The molecule has 0 spiro atoms. The summed E-state index contributed by atoms with van der Waals surface area (Å²) in [5.74, 6) is -0.0970. The second-order valence-electron chi connectivity index (χ2n) is 7.42. The van der Waals surface area contributed by atoms with E-state index in [-0.39, 0.29) is 11.9 Å². The zero-order chi connectivity index (χ0) is 18.8. The molecule has 2 rings (SSSR count). The van der Waals surface area contributed by atoms with Crippen molar-refractivity contribution in [3.05, 3.63) is 52.3 Å². The van der Waals surface area contributed by atoms with Crippen LogP contribution in [-0.2, 0) is 13.5 Å². The van der Waals surface area contributed by atoms with E-state index in [1.165, 1.54) is 0 Å². The number of hydrogen-bond acceptors (Lipinski definition) is 3. The molecule has 5 heteroatoms.